The second kappa shape index (κ2) is 9.43. The summed E-state index contributed by atoms with van der Waals surface area (Å²) in [5.41, 5.74) is 2.84. The molecule has 0 aliphatic rings. The van der Waals surface area contributed by atoms with Crippen LogP contribution in [-0.4, -0.2) is 15.7 Å². The van der Waals surface area contributed by atoms with Gasteiger partial charge >= 0.3 is 0 Å². The maximum Gasteiger partial charge on any atom is 0.224 e. The molecular weight excluding hydrogens is 412 g/mol. The van der Waals surface area contributed by atoms with Gasteiger partial charge in [-0.25, -0.2) is 13.5 Å². The molecule has 162 valence electrons. The van der Waals surface area contributed by atoms with Gasteiger partial charge in [-0.05, 0) is 30.7 Å². The second-order valence-electron chi connectivity index (χ2n) is 7.21. The summed E-state index contributed by atoms with van der Waals surface area (Å²) < 4.78 is 34.8. The zero-order valence-corrected chi connectivity index (χ0v) is 17.4. The highest BCUT2D eigenvalue weighted by molar-refractivity contribution is 5.91. The third-order valence-corrected chi connectivity index (χ3v) is 4.90. The Bertz CT molecular complexity index is 1220. The van der Waals surface area contributed by atoms with Crippen LogP contribution in [0, 0.1) is 11.6 Å². The molecule has 3 aromatic carbocycles. The van der Waals surface area contributed by atoms with E-state index in [0.29, 0.717) is 29.2 Å². The smallest absolute Gasteiger partial charge is 0.224 e. The van der Waals surface area contributed by atoms with Gasteiger partial charge in [0.05, 0.1) is 5.69 Å². The fourth-order valence-electron chi connectivity index (χ4n) is 3.38. The summed E-state index contributed by atoms with van der Waals surface area (Å²) in [5, 5.41) is 7.40. The fourth-order valence-corrected chi connectivity index (χ4v) is 3.38. The van der Waals surface area contributed by atoms with E-state index in [1.54, 1.807) is 7.05 Å². The molecule has 0 spiro atoms. The lowest BCUT2D eigenvalue weighted by atomic mass is 10.0. The van der Waals surface area contributed by atoms with Crippen LogP contribution in [0.3, 0.4) is 0 Å². The number of anilines is 1. The molecule has 1 N–H and O–H groups in total. The Morgan fingerprint density at radius 3 is 2.38 bits per heavy atom. The predicted octanol–water partition coefficient (Wildman–Crippen LogP) is 5.73. The average molecular weight is 433 g/mol. The molecule has 0 atom stereocenters. The molecule has 1 aromatic heterocycles. The predicted molar refractivity (Wildman–Crippen MR) is 118 cm³/mol. The summed E-state index contributed by atoms with van der Waals surface area (Å²) >= 11 is 0. The molecule has 0 fully saturated rings. The lowest BCUT2D eigenvalue weighted by Crippen LogP contribution is -2.12. The minimum absolute atomic E-state index is 0.121. The average Bonchev–Trinajstić information content (AvgIpc) is 3.10. The molecular formula is C25H21F2N3O2. The number of carbonyl (C=O) groups is 1. The van der Waals surface area contributed by atoms with Crippen LogP contribution in [0.15, 0.2) is 78.9 Å². The second-order valence-corrected chi connectivity index (χ2v) is 7.21. The summed E-state index contributed by atoms with van der Waals surface area (Å²) in [7, 11) is 1.68. The Balaban J connectivity index is 1.64. The molecule has 0 bridgehead atoms. The largest absolute Gasteiger partial charge is 0.436 e. The van der Waals surface area contributed by atoms with Gasteiger partial charge in [0, 0.05) is 36.3 Å². The van der Waals surface area contributed by atoms with E-state index in [1.807, 2.05) is 60.7 Å². The third-order valence-electron chi connectivity index (χ3n) is 4.90. The summed E-state index contributed by atoms with van der Waals surface area (Å²) in [6, 6.07) is 21.7. The highest BCUT2D eigenvalue weighted by Gasteiger charge is 2.21. The first-order valence-electron chi connectivity index (χ1n) is 10.1. The Morgan fingerprint density at radius 1 is 1.00 bits per heavy atom. The van der Waals surface area contributed by atoms with Crippen molar-refractivity contribution < 1.29 is 18.3 Å². The number of ether oxygens (including phenoxy) is 1. The van der Waals surface area contributed by atoms with Gasteiger partial charge in [0.2, 0.25) is 11.8 Å². The first-order valence-corrected chi connectivity index (χ1v) is 10.1. The van der Waals surface area contributed by atoms with Crippen molar-refractivity contribution in [1.29, 1.82) is 0 Å². The molecule has 0 aliphatic carbocycles. The van der Waals surface area contributed by atoms with Crippen LogP contribution < -0.4 is 10.1 Å². The molecule has 0 radical (unpaired) electrons. The van der Waals surface area contributed by atoms with Gasteiger partial charge in [0.25, 0.3) is 0 Å². The van der Waals surface area contributed by atoms with Gasteiger partial charge in [-0.3, -0.25) is 4.79 Å². The molecule has 0 aliphatic heterocycles. The van der Waals surface area contributed by atoms with Crippen molar-refractivity contribution in [3.8, 4) is 22.9 Å². The zero-order chi connectivity index (χ0) is 22.5. The van der Waals surface area contributed by atoms with E-state index in [-0.39, 0.29) is 18.1 Å². The Hall–Kier alpha value is -4.00. The zero-order valence-electron chi connectivity index (χ0n) is 17.4. The third kappa shape index (κ3) is 4.83. The van der Waals surface area contributed by atoms with Crippen molar-refractivity contribution in [2.24, 2.45) is 7.05 Å². The Kier molecular flexibility index (Phi) is 6.26. The Morgan fingerprint density at radius 2 is 1.69 bits per heavy atom. The van der Waals surface area contributed by atoms with Crippen molar-refractivity contribution >= 4 is 11.6 Å². The van der Waals surface area contributed by atoms with Gasteiger partial charge in [-0.2, -0.15) is 5.10 Å². The first kappa shape index (κ1) is 21.2. The quantitative estimate of drug-likeness (QED) is 0.405. The number of aromatic nitrogens is 2. The van der Waals surface area contributed by atoms with Crippen molar-refractivity contribution in [1.82, 2.24) is 9.78 Å². The van der Waals surface area contributed by atoms with E-state index < -0.39 is 11.6 Å². The van der Waals surface area contributed by atoms with Crippen molar-refractivity contribution in [3.63, 3.8) is 0 Å². The maximum absolute atomic E-state index is 14.2. The number of para-hydroxylation sites is 1. The van der Waals surface area contributed by atoms with Crippen LogP contribution in [0.1, 0.15) is 12.0 Å². The number of rotatable bonds is 7. The summed E-state index contributed by atoms with van der Waals surface area (Å²) in [4.78, 5) is 12.5. The molecule has 0 saturated heterocycles. The fraction of sp³-hybridized carbons (Fsp3) is 0.120. The minimum Gasteiger partial charge on any atom is -0.436 e. The molecule has 1 heterocycles. The molecule has 0 unspecified atom stereocenters. The number of amides is 1. The van der Waals surface area contributed by atoms with Gasteiger partial charge < -0.3 is 10.1 Å². The van der Waals surface area contributed by atoms with E-state index in [0.717, 1.165) is 17.7 Å². The van der Waals surface area contributed by atoms with Gasteiger partial charge in [-0.15, -0.1) is 0 Å². The van der Waals surface area contributed by atoms with E-state index in [9.17, 15) is 13.6 Å². The lowest BCUT2D eigenvalue weighted by molar-refractivity contribution is -0.116. The molecule has 32 heavy (non-hydrogen) atoms. The van der Waals surface area contributed by atoms with Crippen molar-refractivity contribution in [2.45, 2.75) is 12.8 Å². The van der Waals surface area contributed by atoms with Crippen LogP contribution in [0.4, 0.5) is 14.5 Å². The minimum atomic E-state index is -0.819. The molecule has 7 heteroatoms. The topological polar surface area (TPSA) is 56.2 Å². The van der Waals surface area contributed by atoms with Gasteiger partial charge in [0.15, 0.2) is 11.6 Å². The van der Waals surface area contributed by atoms with Crippen molar-refractivity contribution in [2.75, 3.05) is 5.32 Å². The highest BCUT2D eigenvalue weighted by atomic mass is 19.1. The summed E-state index contributed by atoms with van der Waals surface area (Å²) in [6.45, 7) is 0. The molecule has 5 nitrogen and oxygen atoms in total. The summed E-state index contributed by atoms with van der Waals surface area (Å²) in [6.07, 6.45) is 0.484. The highest BCUT2D eigenvalue weighted by Crippen LogP contribution is 2.35. The van der Waals surface area contributed by atoms with Crippen molar-refractivity contribution in [3.05, 3.63) is 96.1 Å². The van der Waals surface area contributed by atoms with Gasteiger partial charge in [0.1, 0.15) is 5.82 Å². The van der Waals surface area contributed by atoms with E-state index in [2.05, 4.69) is 10.4 Å². The van der Waals surface area contributed by atoms with Crippen LogP contribution in [-0.2, 0) is 18.3 Å². The number of benzene rings is 3. The normalized spacial score (nSPS) is 10.7. The molecule has 0 saturated carbocycles. The molecule has 4 rings (SSSR count). The van der Waals surface area contributed by atoms with Crippen LogP contribution >= 0.6 is 0 Å². The number of nitrogens with one attached hydrogen (secondary N) is 1. The number of carbonyl (C=O) groups excluding carboxylic acids is 1. The van der Waals surface area contributed by atoms with E-state index >= 15 is 0 Å². The first-order chi connectivity index (χ1) is 15.5. The number of hydrogen-bond acceptors (Lipinski definition) is 3. The number of nitrogens with zero attached hydrogens (tertiary/aromatic N) is 2. The number of hydrogen-bond donors (Lipinski definition) is 1. The summed E-state index contributed by atoms with van der Waals surface area (Å²) in [5.74, 6) is -1.51. The monoisotopic (exact) mass is 433 g/mol. The standard InChI is InChI=1S/C25H21F2N3O2/c1-30-25(32-22-14-12-18(26)16-21(22)27)20(24(29-30)17-8-4-2-5-9-17)13-15-23(31)28-19-10-6-3-7-11-19/h2-12,14,16H,13,15H2,1H3,(H,28,31). The lowest BCUT2D eigenvalue weighted by Gasteiger charge is -2.10. The van der Waals surface area contributed by atoms with Crippen LogP contribution in [0.2, 0.25) is 0 Å². The van der Waals surface area contributed by atoms with Crippen LogP contribution in [0.5, 0.6) is 11.6 Å². The molecule has 1 amide bonds. The SMILES string of the molecule is Cn1nc(-c2ccccc2)c(CCC(=O)Nc2ccccc2)c1Oc1ccc(F)cc1F. The maximum atomic E-state index is 14.2. The number of aryl methyl sites for hydroxylation is 1. The van der Waals surface area contributed by atoms with E-state index in [1.165, 1.54) is 10.7 Å². The van der Waals surface area contributed by atoms with E-state index in [4.69, 9.17) is 4.74 Å². The van der Waals surface area contributed by atoms with Gasteiger partial charge in [-0.1, -0.05) is 48.5 Å². The molecule has 4 aromatic rings. The Labute approximate surface area is 184 Å². The number of halogens is 2. The van der Waals surface area contributed by atoms with Crippen LogP contribution in [0.25, 0.3) is 11.3 Å².